The quantitative estimate of drug-likeness (QED) is 0.743. The topological polar surface area (TPSA) is 86.8 Å². The van der Waals surface area contributed by atoms with Crippen LogP contribution in [0.2, 0.25) is 0 Å². The zero-order valence-corrected chi connectivity index (χ0v) is 11.1. The molecule has 0 aromatic heterocycles. The van der Waals surface area contributed by atoms with E-state index in [2.05, 4.69) is 0 Å². The highest BCUT2D eigenvalue weighted by Crippen LogP contribution is 2.25. The van der Waals surface area contributed by atoms with Gasteiger partial charge in [-0.05, 0) is 35.9 Å². The SMILES string of the molecule is CN(Cc1ccc(O)cc1)c1ccc(C(=O)O)cc1N. The Balaban J connectivity index is 2.18. The molecule has 0 saturated carbocycles. The summed E-state index contributed by atoms with van der Waals surface area (Å²) in [5.41, 5.74) is 8.27. The summed E-state index contributed by atoms with van der Waals surface area (Å²) in [5, 5.41) is 18.2. The second-order valence-electron chi connectivity index (χ2n) is 4.60. The molecule has 2 rings (SSSR count). The van der Waals surface area contributed by atoms with Gasteiger partial charge in [0.05, 0.1) is 16.9 Å². The fourth-order valence-corrected chi connectivity index (χ4v) is 2.00. The Morgan fingerprint density at radius 3 is 2.40 bits per heavy atom. The number of benzene rings is 2. The molecule has 0 unspecified atom stereocenters. The minimum absolute atomic E-state index is 0.171. The predicted octanol–water partition coefficient (Wildman–Crippen LogP) is 2.31. The predicted molar refractivity (Wildman–Crippen MR) is 78.0 cm³/mol. The van der Waals surface area contributed by atoms with E-state index in [-0.39, 0.29) is 11.3 Å². The molecule has 0 radical (unpaired) electrons. The molecule has 0 amide bonds. The molecule has 5 heteroatoms. The Morgan fingerprint density at radius 1 is 1.20 bits per heavy atom. The monoisotopic (exact) mass is 272 g/mol. The van der Waals surface area contributed by atoms with Gasteiger partial charge in [0.2, 0.25) is 0 Å². The van der Waals surface area contributed by atoms with Crippen LogP contribution >= 0.6 is 0 Å². The van der Waals surface area contributed by atoms with Crippen LogP contribution in [0.25, 0.3) is 0 Å². The van der Waals surface area contributed by atoms with E-state index in [1.165, 1.54) is 12.1 Å². The summed E-state index contributed by atoms with van der Waals surface area (Å²) in [4.78, 5) is 12.8. The molecule has 0 spiro atoms. The standard InChI is InChI=1S/C15H16N2O3/c1-17(9-10-2-5-12(18)6-3-10)14-7-4-11(15(19)20)8-13(14)16/h2-8,18H,9,16H2,1H3,(H,19,20). The summed E-state index contributed by atoms with van der Waals surface area (Å²) < 4.78 is 0. The lowest BCUT2D eigenvalue weighted by Crippen LogP contribution is -2.18. The lowest BCUT2D eigenvalue weighted by molar-refractivity contribution is 0.0697. The fraction of sp³-hybridized carbons (Fsp3) is 0.133. The van der Waals surface area contributed by atoms with Crippen molar-refractivity contribution in [1.29, 1.82) is 0 Å². The number of nitrogens with two attached hydrogens (primary N) is 1. The first-order valence-electron chi connectivity index (χ1n) is 6.09. The van der Waals surface area contributed by atoms with Gasteiger partial charge in [-0.3, -0.25) is 0 Å². The van der Waals surface area contributed by atoms with Crippen molar-refractivity contribution in [2.75, 3.05) is 17.7 Å². The largest absolute Gasteiger partial charge is 0.508 e. The molecular formula is C15H16N2O3. The Labute approximate surface area is 116 Å². The first-order chi connectivity index (χ1) is 9.47. The molecule has 0 fully saturated rings. The summed E-state index contributed by atoms with van der Waals surface area (Å²) in [6.07, 6.45) is 0. The number of carboxylic acid groups (broad SMARTS) is 1. The third-order valence-corrected chi connectivity index (χ3v) is 3.04. The van der Waals surface area contributed by atoms with Gasteiger partial charge in [-0.15, -0.1) is 0 Å². The van der Waals surface area contributed by atoms with Crippen LogP contribution < -0.4 is 10.6 Å². The van der Waals surface area contributed by atoms with Crippen molar-refractivity contribution in [2.24, 2.45) is 0 Å². The van der Waals surface area contributed by atoms with Gasteiger partial charge in [0, 0.05) is 13.6 Å². The highest BCUT2D eigenvalue weighted by atomic mass is 16.4. The van der Waals surface area contributed by atoms with Crippen molar-refractivity contribution in [2.45, 2.75) is 6.54 Å². The zero-order chi connectivity index (χ0) is 14.7. The summed E-state index contributed by atoms with van der Waals surface area (Å²) in [6, 6.07) is 11.6. The van der Waals surface area contributed by atoms with E-state index < -0.39 is 5.97 Å². The number of aromatic carboxylic acids is 1. The van der Waals surface area contributed by atoms with E-state index in [0.29, 0.717) is 12.2 Å². The summed E-state index contributed by atoms with van der Waals surface area (Å²) in [6.45, 7) is 0.608. The third-order valence-electron chi connectivity index (χ3n) is 3.04. The molecule has 4 N–H and O–H groups in total. The van der Waals surface area contributed by atoms with Gasteiger partial charge in [0.1, 0.15) is 5.75 Å². The Morgan fingerprint density at radius 2 is 1.85 bits per heavy atom. The molecule has 2 aromatic carbocycles. The van der Waals surface area contributed by atoms with Crippen LogP contribution in [0.4, 0.5) is 11.4 Å². The molecule has 2 aromatic rings. The second-order valence-corrected chi connectivity index (χ2v) is 4.60. The average molecular weight is 272 g/mol. The maximum Gasteiger partial charge on any atom is 0.335 e. The molecule has 5 nitrogen and oxygen atoms in total. The second kappa shape index (κ2) is 5.52. The third kappa shape index (κ3) is 3.00. The molecule has 0 aliphatic rings. The number of phenols is 1. The van der Waals surface area contributed by atoms with Crippen LogP contribution in [0.15, 0.2) is 42.5 Å². The number of carboxylic acids is 1. The van der Waals surface area contributed by atoms with Gasteiger partial charge in [-0.2, -0.15) is 0 Å². The molecule has 0 bridgehead atoms. The normalized spacial score (nSPS) is 10.2. The van der Waals surface area contributed by atoms with Crippen LogP contribution in [0.3, 0.4) is 0 Å². The first kappa shape index (κ1) is 13.7. The fourth-order valence-electron chi connectivity index (χ4n) is 2.00. The van der Waals surface area contributed by atoms with E-state index in [4.69, 9.17) is 10.8 Å². The average Bonchev–Trinajstić information content (AvgIpc) is 2.41. The molecule has 0 atom stereocenters. The van der Waals surface area contributed by atoms with Crippen LogP contribution in [-0.4, -0.2) is 23.2 Å². The van der Waals surface area contributed by atoms with E-state index in [0.717, 1.165) is 11.3 Å². The molecule has 0 heterocycles. The zero-order valence-electron chi connectivity index (χ0n) is 11.1. The number of rotatable bonds is 4. The lowest BCUT2D eigenvalue weighted by atomic mass is 10.1. The number of hydrogen-bond acceptors (Lipinski definition) is 4. The number of hydrogen-bond donors (Lipinski definition) is 3. The Bertz CT molecular complexity index is 624. The number of aromatic hydroxyl groups is 1. The van der Waals surface area contributed by atoms with Gasteiger partial charge in [-0.25, -0.2) is 4.79 Å². The van der Waals surface area contributed by atoms with Crippen molar-refractivity contribution < 1.29 is 15.0 Å². The summed E-state index contributed by atoms with van der Waals surface area (Å²) in [7, 11) is 1.87. The van der Waals surface area contributed by atoms with Crippen molar-refractivity contribution in [3.05, 3.63) is 53.6 Å². The number of nitrogens with zero attached hydrogens (tertiary/aromatic N) is 1. The van der Waals surface area contributed by atoms with Crippen LogP contribution in [-0.2, 0) is 6.54 Å². The minimum Gasteiger partial charge on any atom is -0.508 e. The van der Waals surface area contributed by atoms with Gasteiger partial charge < -0.3 is 20.8 Å². The molecule has 0 saturated heterocycles. The van der Waals surface area contributed by atoms with Crippen molar-refractivity contribution in [1.82, 2.24) is 0 Å². The van der Waals surface area contributed by atoms with Crippen molar-refractivity contribution in [3.8, 4) is 5.75 Å². The highest BCUT2D eigenvalue weighted by molar-refractivity contribution is 5.90. The smallest absolute Gasteiger partial charge is 0.335 e. The Kier molecular flexibility index (Phi) is 3.79. The van der Waals surface area contributed by atoms with Gasteiger partial charge in [-0.1, -0.05) is 12.1 Å². The maximum atomic E-state index is 10.9. The number of carbonyl (C=O) groups is 1. The van der Waals surface area contributed by atoms with Gasteiger partial charge >= 0.3 is 5.97 Å². The van der Waals surface area contributed by atoms with E-state index >= 15 is 0 Å². The molecule has 0 aliphatic heterocycles. The van der Waals surface area contributed by atoms with Gasteiger partial charge in [0.25, 0.3) is 0 Å². The van der Waals surface area contributed by atoms with Gasteiger partial charge in [0.15, 0.2) is 0 Å². The lowest BCUT2D eigenvalue weighted by Gasteiger charge is -2.21. The number of phenolic OH excluding ortho intramolecular Hbond substituents is 1. The van der Waals surface area contributed by atoms with Crippen LogP contribution in [0.5, 0.6) is 5.75 Å². The highest BCUT2D eigenvalue weighted by Gasteiger charge is 2.10. The van der Waals surface area contributed by atoms with E-state index in [9.17, 15) is 9.90 Å². The molecular weight excluding hydrogens is 256 g/mol. The van der Waals surface area contributed by atoms with Crippen LogP contribution in [0, 0.1) is 0 Å². The summed E-state index contributed by atoms with van der Waals surface area (Å²) in [5.74, 6) is -0.772. The van der Waals surface area contributed by atoms with Crippen molar-refractivity contribution in [3.63, 3.8) is 0 Å². The number of anilines is 2. The summed E-state index contributed by atoms with van der Waals surface area (Å²) >= 11 is 0. The molecule has 104 valence electrons. The maximum absolute atomic E-state index is 10.9. The van der Waals surface area contributed by atoms with E-state index in [1.54, 1.807) is 18.2 Å². The van der Waals surface area contributed by atoms with Crippen molar-refractivity contribution >= 4 is 17.3 Å². The van der Waals surface area contributed by atoms with Crippen LogP contribution in [0.1, 0.15) is 15.9 Å². The van der Waals surface area contributed by atoms with E-state index in [1.807, 2.05) is 24.1 Å². The molecule has 20 heavy (non-hydrogen) atoms. The first-order valence-corrected chi connectivity index (χ1v) is 6.09. The molecule has 0 aliphatic carbocycles. The Hall–Kier alpha value is -2.69. The minimum atomic E-state index is -0.996. The number of nitrogen functional groups attached to an aromatic ring is 1.